The van der Waals surface area contributed by atoms with E-state index in [-0.39, 0.29) is 11.4 Å². The van der Waals surface area contributed by atoms with E-state index in [1.165, 1.54) is 0 Å². The lowest BCUT2D eigenvalue weighted by Crippen LogP contribution is -2.30. The van der Waals surface area contributed by atoms with Crippen molar-refractivity contribution in [1.29, 1.82) is 0 Å². The van der Waals surface area contributed by atoms with Crippen LogP contribution in [0.15, 0.2) is 29.8 Å². The molecule has 0 fully saturated rings. The maximum atomic E-state index is 12.5. The van der Waals surface area contributed by atoms with Gasteiger partial charge in [-0.3, -0.25) is 4.79 Å². The van der Waals surface area contributed by atoms with Gasteiger partial charge in [0.2, 0.25) is 0 Å². The quantitative estimate of drug-likeness (QED) is 0.628. The molecule has 0 spiro atoms. The molecule has 1 nitrogen and oxygen atoms in total. The molecule has 0 aromatic heterocycles. The number of fused-ring (bicyclic) bond motifs is 1. The van der Waals surface area contributed by atoms with E-state index in [0.717, 1.165) is 5.56 Å². The van der Waals surface area contributed by atoms with Crippen LogP contribution in [0.2, 0.25) is 0 Å². The smallest absolute Gasteiger partial charge is 0.173 e. The lowest BCUT2D eigenvalue weighted by molar-refractivity contribution is 0.0872. The first kappa shape index (κ1) is 7.00. The molecule has 0 radical (unpaired) electrons. The van der Waals surface area contributed by atoms with Crippen LogP contribution in [0.4, 0.5) is 0 Å². The van der Waals surface area contributed by atoms with Crippen molar-refractivity contribution in [2.45, 2.75) is 27.6 Å². The third kappa shape index (κ3) is 1.26. The van der Waals surface area contributed by atoms with Crippen LogP contribution in [-0.2, 0) is 0 Å². The largest absolute Gasteiger partial charge is 0.293 e. The number of rotatable bonds is 0. The Hall–Kier alpha value is -1.37. The Labute approximate surface area is 95.0 Å². The molecule has 1 aromatic rings. The Kier molecular flexibility index (Phi) is 1.43. The first-order valence-electron chi connectivity index (χ1n) is 6.53. The van der Waals surface area contributed by atoms with E-state index in [2.05, 4.69) is 0 Å². The molecule has 0 saturated heterocycles. The highest BCUT2D eigenvalue weighted by molar-refractivity contribution is 6.09. The van der Waals surface area contributed by atoms with Crippen molar-refractivity contribution in [3.05, 3.63) is 41.0 Å². The molecule has 0 atom stereocenters. The lowest BCUT2D eigenvalue weighted by atomic mass is 9.70. The van der Waals surface area contributed by atoms with Gasteiger partial charge < -0.3 is 0 Å². The summed E-state index contributed by atoms with van der Waals surface area (Å²) in [5.74, 6) is -0.116. The Morgan fingerprint density at radius 2 is 1.80 bits per heavy atom. The minimum absolute atomic E-state index is 0.116. The highest BCUT2D eigenvalue weighted by Crippen LogP contribution is 2.41. The summed E-state index contributed by atoms with van der Waals surface area (Å²) < 4.78 is 23.0. The number of allylic oxidation sites excluding steroid dienone is 2. The second-order valence-corrected chi connectivity index (χ2v) is 4.50. The van der Waals surface area contributed by atoms with Crippen LogP contribution in [0.1, 0.15) is 47.7 Å². The minimum Gasteiger partial charge on any atom is -0.293 e. The number of hydrogen-bond acceptors (Lipinski definition) is 1. The summed E-state index contributed by atoms with van der Waals surface area (Å²) in [7, 11) is 0. The molecule has 0 amide bonds. The lowest BCUT2D eigenvalue weighted by Gasteiger charge is -2.32. The fraction of sp³-hybridized carbons (Fsp3) is 0.357. The number of benzene rings is 1. The summed E-state index contributed by atoms with van der Waals surface area (Å²) in [6, 6.07) is 7.20. The molecule has 15 heavy (non-hydrogen) atoms. The third-order valence-corrected chi connectivity index (χ3v) is 3.14. The van der Waals surface area contributed by atoms with E-state index in [9.17, 15) is 4.79 Å². The molecule has 0 unspecified atom stereocenters. The molecule has 78 valence electrons. The summed E-state index contributed by atoms with van der Waals surface area (Å²) >= 11 is 0. The first-order valence-corrected chi connectivity index (χ1v) is 5.03. The van der Waals surface area contributed by atoms with Crippen LogP contribution < -0.4 is 0 Å². The van der Waals surface area contributed by atoms with Crippen LogP contribution in [0.5, 0.6) is 0 Å². The molecule has 0 bridgehead atoms. The van der Waals surface area contributed by atoms with Gasteiger partial charge in [-0.1, -0.05) is 29.8 Å². The van der Waals surface area contributed by atoms with Crippen molar-refractivity contribution in [1.82, 2.24) is 0 Å². The Balaban J connectivity index is 2.82. The zero-order chi connectivity index (χ0) is 13.7. The van der Waals surface area contributed by atoms with Gasteiger partial charge in [0.05, 0.1) is 0 Å². The maximum Gasteiger partial charge on any atom is 0.173 e. The second-order valence-electron chi connectivity index (χ2n) is 4.50. The van der Waals surface area contributed by atoms with Gasteiger partial charge in [0.25, 0.3) is 0 Å². The number of carbonyl (C=O) groups excluding carboxylic acids is 1. The van der Waals surface area contributed by atoms with Crippen molar-refractivity contribution < 1.29 is 8.91 Å². The van der Waals surface area contributed by atoms with Gasteiger partial charge in [-0.15, -0.1) is 0 Å². The molecular weight excluding hydrogens is 184 g/mol. The van der Waals surface area contributed by atoms with Crippen LogP contribution in [0, 0.1) is 5.41 Å². The van der Waals surface area contributed by atoms with Crippen molar-refractivity contribution >= 4 is 11.4 Å². The number of Topliss-reactive ketones (excluding diaryl/α,β-unsaturated/α-hetero) is 1. The Morgan fingerprint density at radius 1 is 1.20 bits per heavy atom. The van der Waals surface area contributed by atoms with Gasteiger partial charge in [-0.2, -0.15) is 0 Å². The number of hydrogen-bond donors (Lipinski definition) is 0. The summed E-state index contributed by atoms with van der Waals surface area (Å²) in [5, 5.41) is 0. The van der Waals surface area contributed by atoms with E-state index in [1.807, 2.05) is 12.1 Å². The highest BCUT2D eigenvalue weighted by atomic mass is 16.1. The topological polar surface area (TPSA) is 17.1 Å². The third-order valence-electron chi connectivity index (χ3n) is 3.14. The normalized spacial score (nSPS) is 22.9. The number of carbonyl (C=O) groups is 1. The monoisotopic (exact) mass is 203 g/mol. The van der Waals surface area contributed by atoms with Crippen LogP contribution in [-0.4, -0.2) is 5.78 Å². The summed E-state index contributed by atoms with van der Waals surface area (Å²) in [4.78, 5) is 12.5. The summed E-state index contributed by atoms with van der Waals surface area (Å²) in [6.07, 6.45) is 0. The molecule has 1 aliphatic rings. The molecular formula is C14H16O. The van der Waals surface area contributed by atoms with Crippen LogP contribution in [0.25, 0.3) is 5.57 Å². The standard InChI is InChI=1S/C14H16O/c1-9-10(2)14(3,4)13(15)12-8-6-5-7-11(9)12/h5-8H,1-4H3/i2D3. The van der Waals surface area contributed by atoms with Crippen molar-refractivity contribution in [3.63, 3.8) is 0 Å². The first-order chi connectivity index (χ1) is 8.17. The van der Waals surface area contributed by atoms with Gasteiger partial charge >= 0.3 is 0 Å². The fourth-order valence-electron chi connectivity index (χ4n) is 2.06. The van der Waals surface area contributed by atoms with Crippen LogP contribution >= 0.6 is 0 Å². The van der Waals surface area contributed by atoms with E-state index in [4.69, 9.17) is 4.11 Å². The zero-order valence-electron chi connectivity index (χ0n) is 12.2. The molecule has 1 aromatic carbocycles. The van der Waals surface area contributed by atoms with E-state index < -0.39 is 12.3 Å². The molecule has 2 rings (SSSR count). The van der Waals surface area contributed by atoms with E-state index >= 15 is 0 Å². The zero-order valence-corrected chi connectivity index (χ0v) is 9.22. The molecule has 1 heteroatoms. The molecule has 0 heterocycles. The Morgan fingerprint density at radius 3 is 2.40 bits per heavy atom. The van der Waals surface area contributed by atoms with E-state index in [0.29, 0.717) is 11.1 Å². The molecule has 0 aliphatic heterocycles. The predicted octanol–water partition coefficient (Wildman–Crippen LogP) is 3.70. The van der Waals surface area contributed by atoms with Crippen molar-refractivity contribution in [2.75, 3.05) is 0 Å². The maximum absolute atomic E-state index is 12.5. The van der Waals surface area contributed by atoms with Gasteiger partial charge in [0.15, 0.2) is 5.78 Å². The van der Waals surface area contributed by atoms with Gasteiger partial charge in [-0.05, 0) is 38.8 Å². The Bertz CT molecular complexity index is 550. The van der Waals surface area contributed by atoms with Crippen LogP contribution in [0.3, 0.4) is 0 Å². The number of ketones is 1. The fourth-order valence-corrected chi connectivity index (χ4v) is 2.06. The van der Waals surface area contributed by atoms with Crippen molar-refractivity contribution in [2.24, 2.45) is 5.41 Å². The average molecular weight is 203 g/mol. The second kappa shape index (κ2) is 3.06. The summed E-state index contributed by atoms with van der Waals surface area (Å²) in [6.45, 7) is 2.93. The van der Waals surface area contributed by atoms with Gasteiger partial charge in [-0.25, -0.2) is 0 Å². The predicted molar refractivity (Wildman–Crippen MR) is 62.8 cm³/mol. The minimum atomic E-state index is -2.24. The molecule has 0 saturated carbocycles. The average Bonchev–Trinajstić information content (AvgIpc) is 2.24. The van der Waals surface area contributed by atoms with Gasteiger partial charge in [0.1, 0.15) is 0 Å². The highest BCUT2D eigenvalue weighted by Gasteiger charge is 2.36. The molecule has 0 N–H and O–H groups in total. The van der Waals surface area contributed by atoms with Crippen molar-refractivity contribution in [3.8, 4) is 0 Å². The van der Waals surface area contributed by atoms with Gasteiger partial charge in [0, 0.05) is 15.1 Å². The van der Waals surface area contributed by atoms with E-state index in [1.54, 1.807) is 32.9 Å². The summed E-state index contributed by atoms with van der Waals surface area (Å²) in [5.41, 5.74) is 1.36. The SMILES string of the molecule is [2H]C([2H])([2H])C1=C(C)c2ccccc2C(=O)C1(C)C. The molecule has 1 aliphatic carbocycles.